The average molecular weight is 285 g/mol. The third-order valence-electron chi connectivity index (χ3n) is 3.61. The molecule has 0 saturated heterocycles. The molecule has 0 saturated carbocycles. The highest BCUT2D eigenvalue weighted by Crippen LogP contribution is 2.19. The van der Waals surface area contributed by atoms with Gasteiger partial charge in [0.15, 0.2) is 0 Å². The zero-order chi connectivity index (χ0) is 15.4. The van der Waals surface area contributed by atoms with Gasteiger partial charge in [-0.3, -0.25) is 0 Å². The molecule has 0 spiro atoms. The molecule has 0 atom stereocenters. The van der Waals surface area contributed by atoms with E-state index in [1.807, 2.05) is 18.2 Å². The molecule has 0 aromatic heterocycles. The van der Waals surface area contributed by atoms with E-state index in [-0.39, 0.29) is 0 Å². The molecule has 1 heteroatoms. The van der Waals surface area contributed by atoms with Crippen molar-refractivity contribution in [3.63, 3.8) is 0 Å². The Morgan fingerprint density at radius 3 is 2.00 bits per heavy atom. The molecule has 0 bridgehead atoms. The highest BCUT2D eigenvalue weighted by atomic mass is 14.7. The summed E-state index contributed by atoms with van der Waals surface area (Å²) >= 11 is 0. The number of aliphatic imine (C=N–C) groups is 1. The number of hydrogen-bond acceptors (Lipinski definition) is 1. The molecule has 0 aliphatic carbocycles. The van der Waals surface area contributed by atoms with E-state index >= 15 is 0 Å². The standard InChI is InChI=1S/C21H19N/c1-16-11-13-19(14-12-16)21(18-8-4-3-5-9-18)22-20-10-6-7-17(2)15-20/h3-15H,1-2H3. The Hall–Kier alpha value is -2.67. The van der Waals surface area contributed by atoms with Gasteiger partial charge in [0.05, 0.1) is 11.4 Å². The van der Waals surface area contributed by atoms with Gasteiger partial charge in [-0.05, 0) is 31.5 Å². The summed E-state index contributed by atoms with van der Waals surface area (Å²) in [5.74, 6) is 0. The highest BCUT2D eigenvalue weighted by molar-refractivity contribution is 6.13. The lowest BCUT2D eigenvalue weighted by Crippen LogP contribution is -2.02. The van der Waals surface area contributed by atoms with Crippen molar-refractivity contribution in [2.24, 2.45) is 4.99 Å². The summed E-state index contributed by atoms with van der Waals surface area (Å²) in [5.41, 5.74) is 6.74. The third-order valence-corrected chi connectivity index (χ3v) is 3.61. The Labute approximate surface area is 132 Å². The summed E-state index contributed by atoms with van der Waals surface area (Å²) in [6.07, 6.45) is 0. The topological polar surface area (TPSA) is 12.4 Å². The lowest BCUT2D eigenvalue weighted by molar-refractivity contribution is 1.41. The molecule has 0 fully saturated rings. The van der Waals surface area contributed by atoms with Gasteiger partial charge >= 0.3 is 0 Å². The largest absolute Gasteiger partial charge is 0.248 e. The van der Waals surface area contributed by atoms with Gasteiger partial charge in [-0.25, -0.2) is 4.99 Å². The second-order valence-corrected chi connectivity index (χ2v) is 5.53. The van der Waals surface area contributed by atoms with Crippen molar-refractivity contribution >= 4 is 11.4 Å². The fraction of sp³-hybridized carbons (Fsp3) is 0.0952. The molecule has 0 heterocycles. The smallest absolute Gasteiger partial charge is 0.0781 e. The maximum atomic E-state index is 4.91. The van der Waals surface area contributed by atoms with Crippen LogP contribution in [0.5, 0.6) is 0 Å². The Morgan fingerprint density at radius 2 is 1.32 bits per heavy atom. The summed E-state index contributed by atoms with van der Waals surface area (Å²) in [5, 5.41) is 0. The lowest BCUT2D eigenvalue weighted by Gasteiger charge is -2.08. The van der Waals surface area contributed by atoms with Crippen molar-refractivity contribution in [1.82, 2.24) is 0 Å². The van der Waals surface area contributed by atoms with Crippen LogP contribution in [-0.2, 0) is 0 Å². The zero-order valence-electron chi connectivity index (χ0n) is 13.0. The molecule has 0 aliphatic heterocycles. The first-order valence-electron chi connectivity index (χ1n) is 7.50. The Kier molecular flexibility index (Phi) is 4.15. The van der Waals surface area contributed by atoms with Gasteiger partial charge in [-0.15, -0.1) is 0 Å². The van der Waals surface area contributed by atoms with Crippen LogP contribution in [0.4, 0.5) is 5.69 Å². The summed E-state index contributed by atoms with van der Waals surface area (Å²) in [6.45, 7) is 4.19. The van der Waals surface area contributed by atoms with E-state index in [1.54, 1.807) is 0 Å². The van der Waals surface area contributed by atoms with Crippen LogP contribution in [-0.4, -0.2) is 5.71 Å². The van der Waals surface area contributed by atoms with Crippen LogP contribution in [0, 0.1) is 13.8 Å². The van der Waals surface area contributed by atoms with E-state index in [4.69, 9.17) is 4.99 Å². The van der Waals surface area contributed by atoms with Gasteiger partial charge in [0.2, 0.25) is 0 Å². The van der Waals surface area contributed by atoms with Crippen molar-refractivity contribution in [3.8, 4) is 0 Å². The van der Waals surface area contributed by atoms with Crippen LogP contribution in [0.15, 0.2) is 83.9 Å². The first-order chi connectivity index (χ1) is 10.7. The van der Waals surface area contributed by atoms with Crippen molar-refractivity contribution in [1.29, 1.82) is 0 Å². The van der Waals surface area contributed by atoms with Gasteiger partial charge in [-0.2, -0.15) is 0 Å². The van der Waals surface area contributed by atoms with Gasteiger partial charge < -0.3 is 0 Å². The molecule has 0 N–H and O–H groups in total. The predicted molar refractivity (Wildman–Crippen MR) is 94.1 cm³/mol. The molecule has 3 aromatic carbocycles. The number of aryl methyl sites for hydroxylation is 2. The van der Waals surface area contributed by atoms with Crippen molar-refractivity contribution in [2.45, 2.75) is 13.8 Å². The first-order valence-corrected chi connectivity index (χ1v) is 7.50. The monoisotopic (exact) mass is 285 g/mol. The van der Waals surface area contributed by atoms with Gasteiger partial charge in [0, 0.05) is 11.1 Å². The molecule has 108 valence electrons. The molecule has 3 rings (SSSR count). The Balaban J connectivity index is 2.13. The number of hydrogen-bond donors (Lipinski definition) is 0. The SMILES string of the molecule is Cc1ccc(C(=Nc2cccc(C)c2)c2ccccc2)cc1. The molecule has 0 amide bonds. The molecule has 22 heavy (non-hydrogen) atoms. The second kappa shape index (κ2) is 6.40. The summed E-state index contributed by atoms with van der Waals surface area (Å²) in [6, 6.07) is 27.2. The van der Waals surface area contributed by atoms with Crippen molar-refractivity contribution < 1.29 is 0 Å². The fourth-order valence-corrected chi connectivity index (χ4v) is 2.43. The van der Waals surface area contributed by atoms with Gasteiger partial charge in [0.1, 0.15) is 0 Å². The second-order valence-electron chi connectivity index (χ2n) is 5.53. The maximum Gasteiger partial charge on any atom is 0.0781 e. The highest BCUT2D eigenvalue weighted by Gasteiger charge is 2.07. The van der Waals surface area contributed by atoms with E-state index < -0.39 is 0 Å². The molecular weight excluding hydrogens is 266 g/mol. The van der Waals surface area contributed by atoms with Crippen LogP contribution in [0.2, 0.25) is 0 Å². The molecule has 1 nitrogen and oxygen atoms in total. The summed E-state index contributed by atoms with van der Waals surface area (Å²) in [7, 11) is 0. The maximum absolute atomic E-state index is 4.91. The van der Waals surface area contributed by atoms with Crippen LogP contribution < -0.4 is 0 Å². The third kappa shape index (κ3) is 3.32. The minimum absolute atomic E-state index is 0.986. The summed E-state index contributed by atoms with van der Waals surface area (Å²) in [4.78, 5) is 4.91. The lowest BCUT2D eigenvalue weighted by atomic mass is 10.0. The van der Waals surface area contributed by atoms with Crippen LogP contribution in [0.1, 0.15) is 22.3 Å². The van der Waals surface area contributed by atoms with Gasteiger partial charge in [0.25, 0.3) is 0 Å². The van der Waals surface area contributed by atoms with E-state index in [9.17, 15) is 0 Å². The van der Waals surface area contributed by atoms with E-state index in [2.05, 4.69) is 74.5 Å². The fourth-order valence-electron chi connectivity index (χ4n) is 2.43. The molecular formula is C21H19N. The van der Waals surface area contributed by atoms with Crippen LogP contribution >= 0.6 is 0 Å². The Morgan fingerprint density at radius 1 is 0.636 bits per heavy atom. The van der Waals surface area contributed by atoms with E-state index in [1.165, 1.54) is 11.1 Å². The number of rotatable bonds is 3. The van der Waals surface area contributed by atoms with E-state index in [0.29, 0.717) is 0 Å². The molecule has 3 aromatic rings. The summed E-state index contributed by atoms with van der Waals surface area (Å²) < 4.78 is 0. The molecule has 0 aliphatic rings. The quantitative estimate of drug-likeness (QED) is 0.566. The van der Waals surface area contributed by atoms with Crippen LogP contribution in [0.25, 0.3) is 0 Å². The van der Waals surface area contributed by atoms with Crippen molar-refractivity contribution in [2.75, 3.05) is 0 Å². The molecule has 0 unspecified atom stereocenters. The number of nitrogens with zero attached hydrogens (tertiary/aromatic N) is 1. The van der Waals surface area contributed by atoms with E-state index in [0.717, 1.165) is 22.5 Å². The minimum atomic E-state index is 0.986. The van der Waals surface area contributed by atoms with Gasteiger partial charge in [-0.1, -0.05) is 72.3 Å². The zero-order valence-corrected chi connectivity index (χ0v) is 13.0. The minimum Gasteiger partial charge on any atom is -0.248 e. The first kappa shape index (κ1) is 14.3. The molecule has 0 radical (unpaired) electrons. The normalized spacial score (nSPS) is 11.5. The van der Waals surface area contributed by atoms with Crippen LogP contribution in [0.3, 0.4) is 0 Å². The number of benzene rings is 3. The average Bonchev–Trinajstić information content (AvgIpc) is 2.55. The Bertz CT molecular complexity index is 784. The van der Waals surface area contributed by atoms with Crippen molar-refractivity contribution in [3.05, 3.63) is 101 Å². The predicted octanol–water partition coefficient (Wildman–Crippen LogP) is 5.47.